The molecule has 0 aliphatic rings. The lowest BCUT2D eigenvalue weighted by molar-refractivity contribution is 0.0847. The molecule has 0 fully saturated rings. The summed E-state index contributed by atoms with van der Waals surface area (Å²) in [5, 5.41) is 2.72. The van der Waals surface area contributed by atoms with Crippen LogP contribution in [0.15, 0.2) is 12.4 Å². The number of rotatable bonds is 3. The molecule has 6 heteroatoms. The van der Waals surface area contributed by atoms with Crippen molar-refractivity contribution in [3.05, 3.63) is 17.5 Å². The molecule has 1 aromatic heterocycles. The van der Waals surface area contributed by atoms with E-state index < -0.39 is 12.0 Å². The third-order valence-corrected chi connectivity index (χ3v) is 1.78. The van der Waals surface area contributed by atoms with Gasteiger partial charge in [0, 0.05) is 0 Å². The van der Waals surface area contributed by atoms with E-state index in [-0.39, 0.29) is 11.0 Å². The zero-order chi connectivity index (χ0) is 10.8. The van der Waals surface area contributed by atoms with Crippen LogP contribution in [0.3, 0.4) is 0 Å². The lowest BCUT2D eigenvalue weighted by Gasteiger charge is -2.25. The fourth-order valence-electron chi connectivity index (χ4n) is 0.787. The van der Waals surface area contributed by atoms with Crippen molar-refractivity contribution in [2.24, 2.45) is 0 Å². The molecule has 0 aliphatic carbocycles. The van der Waals surface area contributed by atoms with Crippen LogP contribution in [0, 0.1) is 0 Å². The number of anilines is 1. The molecule has 0 unspecified atom stereocenters. The van der Waals surface area contributed by atoms with Gasteiger partial charge in [-0.1, -0.05) is 11.6 Å². The van der Waals surface area contributed by atoms with E-state index in [1.54, 1.807) is 0 Å². The molecular weight excluding hydrogens is 212 g/mol. The highest BCUT2D eigenvalue weighted by molar-refractivity contribution is 6.29. The lowest BCUT2D eigenvalue weighted by Crippen LogP contribution is -2.39. The van der Waals surface area contributed by atoms with Gasteiger partial charge >= 0.3 is 0 Å². The summed E-state index contributed by atoms with van der Waals surface area (Å²) >= 11 is 5.55. The van der Waals surface area contributed by atoms with Crippen LogP contribution in [0.2, 0.25) is 5.15 Å². The second kappa shape index (κ2) is 4.04. The van der Waals surface area contributed by atoms with Crippen LogP contribution in [0.5, 0.6) is 0 Å². The number of halogens is 3. The van der Waals surface area contributed by atoms with E-state index in [0.29, 0.717) is 0 Å². The SMILES string of the molecule is CC(C)(Nc1cncc(Cl)n1)C(F)F. The van der Waals surface area contributed by atoms with Crippen LogP contribution >= 0.6 is 11.6 Å². The smallest absolute Gasteiger partial charge is 0.260 e. The van der Waals surface area contributed by atoms with Gasteiger partial charge in [0.1, 0.15) is 11.0 Å². The highest BCUT2D eigenvalue weighted by atomic mass is 35.5. The van der Waals surface area contributed by atoms with Crippen LogP contribution in [-0.2, 0) is 0 Å². The van der Waals surface area contributed by atoms with E-state index in [4.69, 9.17) is 11.6 Å². The molecule has 1 aromatic rings. The van der Waals surface area contributed by atoms with E-state index in [0.717, 1.165) is 0 Å². The van der Waals surface area contributed by atoms with Gasteiger partial charge in [-0.15, -0.1) is 0 Å². The van der Waals surface area contributed by atoms with Crippen molar-refractivity contribution in [1.29, 1.82) is 0 Å². The van der Waals surface area contributed by atoms with Crippen LogP contribution in [0.1, 0.15) is 13.8 Å². The Morgan fingerprint density at radius 3 is 2.57 bits per heavy atom. The molecule has 0 atom stereocenters. The Bertz CT molecular complexity index is 317. The number of nitrogens with zero attached hydrogens (tertiary/aromatic N) is 2. The molecule has 0 spiro atoms. The Labute approximate surface area is 85.5 Å². The van der Waals surface area contributed by atoms with Gasteiger partial charge in [-0.05, 0) is 13.8 Å². The largest absolute Gasteiger partial charge is 0.358 e. The van der Waals surface area contributed by atoms with Gasteiger partial charge in [0.25, 0.3) is 6.43 Å². The molecule has 1 rings (SSSR count). The molecule has 0 bridgehead atoms. The molecule has 3 nitrogen and oxygen atoms in total. The van der Waals surface area contributed by atoms with E-state index in [9.17, 15) is 8.78 Å². The highest BCUT2D eigenvalue weighted by Crippen LogP contribution is 2.20. The average Bonchev–Trinajstić information content (AvgIpc) is 2.02. The monoisotopic (exact) mass is 221 g/mol. The first-order valence-corrected chi connectivity index (χ1v) is 4.33. The maximum Gasteiger partial charge on any atom is 0.260 e. The van der Waals surface area contributed by atoms with Crippen molar-refractivity contribution in [1.82, 2.24) is 9.97 Å². The fraction of sp³-hybridized carbons (Fsp3) is 0.500. The van der Waals surface area contributed by atoms with Gasteiger partial charge in [-0.25, -0.2) is 13.8 Å². The third-order valence-electron chi connectivity index (χ3n) is 1.60. The van der Waals surface area contributed by atoms with E-state index >= 15 is 0 Å². The van der Waals surface area contributed by atoms with Gasteiger partial charge in [0.05, 0.1) is 17.9 Å². The Morgan fingerprint density at radius 1 is 1.43 bits per heavy atom. The molecule has 0 saturated heterocycles. The van der Waals surface area contributed by atoms with Crippen molar-refractivity contribution in [3.63, 3.8) is 0 Å². The number of aromatic nitrogens is 2. The summed E-state index contributed by atoms with van der Waals surface area (Å²) in [5.74, 6) is 0.239. The Kier molecular flexibility index (Phi) is 3.21. The summed E-state index contributed by atoms with van der Waals surface area (Å²) in [7, 11) is 0. The minimum Gasteiger partial charge on any atom is -0.358 e. The second-order valence-corrected chi connectivity index (χ2v) is 3.76. The Morgan fingerprint density at radius 2 is 2.07 bits per heavy atom. The van der Waals surface area contributed by atoms with Crippen molar-refractivity contribution < 1.29 is 8.78 Å². The number of hydrogen-bond donors (Lipinski definition) is 1. The lowest BCUT2D eigenvalue weighted by atomic mass is 10.1. The van der Waals surface area contributed by atoms with Crippen LogP contribution in [0.4, 0.5) is 14.6 Å². The minimum absolute atomic E-state index is 0.167. The Balaban J connectivity index is 2.78. The van der Waals surface area contributed by atoms with E-state index in [1.807, 2.05) is 0 Å². The molecule has 0 amide bonds. The second-order valence-electron chi connectivity index (χ2n) is 3.37. The summed E-state index contributed by atoms with van der Waals surface area (Å²) in [4.78, 5) is 7.53. The number of nitrogens with one attached hydrogen (secondary N) is 1. The van der Waals surface area contributed by atoms with Crippen LogP contribution in [-0.4, -0.2) is 21.9 Å². The summed E-state index contributed by atoms with van der Waals surface area (Å²) in [6.45, 7) is 2.75. The summed E-state index contributed by atoms with van der Waals surface area (Å²) in [6, 6.07) is 0. The standard InChI is InChI=1S/C8H10ClF2N3/c1-8(2,7(10)11)14-6-4-12-3-5(9)13-6/h3-4,7H,1-2H3,(H,13,14). The molecular formula is C8H10ClF2N3. The number of hydrogen-bond acceptors (Lipinski definition) is 3. The molecule has 1 N–H and O–H groups in total. The summed E-state index contributed by atoms with van der Waals surface area (Å²) in [5.41, 5.74) is -1.35. The molecule has 0 saturated carbocycles. The highest BCUT2D eigenvalue weighted by Gasteiger charge is 2.29. The summed E-state index contributed by atoms with van der Waals surface area (Å²) < 4.78 is 24.9. The van der Waals surface area contributed by atoms with Gasteiger partial charge in [0.2, 0.25) is 0 Å². The van der Waals surface area contributed by atoms with Crippen LogP contribution in [0.25, 0.3) is 0 Å². The summed E-state index contributed by atoms with van der Waals surface area (Å²) in [6.07, 6.45) is 0.182. The van der Waals surface area contributed by atoms with Crippen LogP contribution < -0.4 is 5.32 Å². The average molecular weight is 222 g/mol. The van der Waals surface area contributed by atoms with Gasteiger partial charge in [0.15, 0.2) is 0 Å². The van der Waals surface area contributed by atoms with Crippen molar-refractivity contribution in [3.8, 4) is 0 Å². The molecule has 1 heterocycles. The number of alkyl halides is 2. The first-order chi connectivity index (χ1) is 6.42. The molecule has 0 aromatic carbocycles. The van der Waals surface area contributed by atoms with Crippen molar-refractivity contribution in [2.45, 2.75) is 25.8 Å². The maximum absolute atomic E-state index is 12.5. The maximum atomic E-state index is 12.5. The molecule has 0 radical (unpaired) electrons. The van der Waals surface area contributed by atoms with Crippen molar-refractivity contribution >= 4 is 17.4 Å². The predicted molar refractivity (Wildman–Crippen MR) is 50.7 cm³/mol. The van der Waals surface area contributed by atoms with Gasteiger partial charge < -0.3 is 5.32 Å². The van der Waals surface area contributed by atoms with Gasteiger partial charge in [-0.3, -0.25) is 4.98 Å². The van der Waals surface area contributed by atoms with Crippen molar-refractivity contribution in [2.75, 3.05) is 5.32 Å². The first kappa shape index (κ1) is 11.1. The minimum atomic E-state index is -2.50. The topological polar surface area (TPSA) is 37.8 Å². The van der Waals surface area contributed by atoms with E-state index in [1.165, 1.54) is 26.2 Å². The van der Waals surface area contributed by atoms with Gasteiger partial charge in [-0.2, -0.15) is 0 Å². The first-order valence-electron chi connectivity index (χ1n) is 3.96. The molecule has 78 valence electrons. The normalized spacial score (nSPS) is 11.9. The predicted octanol–water partition coefficient (Wildman–Crippen LogP) is 2.59. The Hall–Kier alpha value is -0.970. The zero-order valence-electron chi connectivity index (χ0n) is 7.76. The third kappa shape index (κ3) is 2.77. The fourth-order valence-corrected chi connectivity index (χ4v) is 0.934. The zero-order valence-corrected chi connectivity index (χ0v) is 8.52. The molecule has 14 heavy (non-hydrogen) atoms. The quantitative estimate of drug-likeness (QED) is 0.853. The molecule has 0 aliphatic heterocycles. The van der Waals surface area contributed by atoms with E-state index in [2.05, 4.69) is 15.3 Å².